The number of carbonyl (C=O) groups is 3. The highest BCUT2D eigenvalue weighted by atomic mass is 32.1. The Balaban J connectivity index is 2.17. The van der Waals surface area contributed by atoms with Crippen LogP contribution < -0.4 is 5.32 Å². The number of aryl methyl sites for hydroxylation is 1. The smallest absolute Gasteiger partial charge is 0.323 e. The fraction of sp³-hybridized carbons (Fsp3) is 0.353. The van der Waals surface area contributed by atoms with Crippen LogP contribution in [0.5, 0.6) is 0 Å². The van der Waals surface area contributed by atoms with Crippen molar-refractivity contribution < 1.29 is 23.9 Å². The number of hydrogen-bond acceptors (Lipinski definition) is 5. The molecule has 7 nitrogen and oxygen atoms in total. The lowest BCUT2D eigenvalue weighted by Gasteiger charge is -2.22. The zero-order valence-corrected chi connectivity index (χ0v) is 15.1. The van der Waals surface area contributed by atoms with E-state index >= 15 is 0 Å². The van der Waals surface area contributed by atoms with E-state index in [4.69, 9.17) is 9.52 Å². The second-order valence-electron chi connectivity index (χ2n) is 6.03. The Morgan fingerprint density at radius 1 is 1.36 bits per heavy atom. The van der Waals surface area contributed by atoms with Crippen molar-refractivity contribution in [2.24, 2.45) is 5.92 Å². The molecule has 0 unspecified atom stereocenters. The third-order valence-electron chi connectivity index (χ3n) is 3.29. The highest BCUT2D eigenvalue weighted by molar-refractivity contribution is 7.18. The van der Waals surface area contributed by atoms with Crippen molar-refractivity contribution in [1.29, 1.82) is 0 Å². The quantitative estimate of drug-likeness (QED) is 0.786. The molecule has 0 aliphatic rings. The van der Waals surface area contributed by atoms with Gasteiger partial charge in [0.15, 0.2) is 5.76 Å². The summed E-state index contributed by atoms with van der Waals surface area (Å²) in [6, 6.07) is 4.84. The van der Waals surface area contributed by atoms with Gasteiger partial charge in [-0.05, 0) is 36.6 Å². The predicted octanol–water partition coefficient (Wildman–Crippen LogP) is 3.08. The van der Waals surface area contributed by atoms with Crippen molar-refractivity contribution in [3.05, 3.63) is 40.7 Å². The lowest BCUT2D eigenvalue weighted by Crippen LogP contribution is -2.38. The number of amides is 2. The second kappa shape index (κ2) is 7.98. The van der Waals surface area contributed by atoms with Gasteiger partial charge in [0.2, 0.25) is 0 Å². The maximum absolute atomic E-state index is 12.7. The van der Waals surface area contributed by atoms with Crippen LogP contribution in [0.3, 0.4) is 0 Å². The fourth-order valence-corrected chi connectivity index (χ4v) is 3.34. The molecule has 134 valence electrons. The van der Waals surface area contributed by atoms with Crippen LogP contribution in [0.15, 0.2) is 28.9 Å². The van der Waals surface area contributed by atoms with Gasteiger partial charge in [-0.1, -0.05) is 13.8 Å². The van der Waals surface area contributed by atoms with Crippen LogP contribution >= 0.6 is 11.3 Å². The number of nitrogens with one attached hydrogen (secondary N) is 1. The van der Waals surface area contributed by atoms with Crippen LogP contribution in [-0.4, -0.2) is 40.9 Å². The second-order valence-corrected chi connectivity index (χ2v) is 7.08. The molecule has 0 atom stereocenters. The first kappa shape index (κ1) is 18.7. The number of furan rings is 1. The maximum Gasteiger partial charge on any atom is 0.323 e. The summed E-state index contributed by atoms with van der Waals surface area (Å²) in [6.45, 7) is 5.57. The first-order valence-electron chi connectivity index (χ1n) is 7.74. The van der Waals surface area contributed by atoms with Crippen molar-refractivity contribution in [3.8, 4) is 0 Å². The molecule has 0 fully saturated rings. The zero-order valence-electron chi connectivity index (χ0n) is 14.2. The van der Waals surface area contributed by atoms with Crippen LogP contribution in [0.4, 0.5) is 5.00 Å². The SMILES string of the molecule is Cc1cc(NC(=O)c2ccco2)sc1C(=O)N(CC(=O)O)CC(C)C. The molecule has 25 heavy (non-hydrogen) atoms. The van der Waals surface area contributed by atoms with Crippen molar-refractivity contribution in [2.45, 2.75) is 20.8 Å². The number of aliphatic carboxylic acids is 1. The van der Waals surface area contributed by atoms with E-state index in [9.17, 15) is 14.4 Å². The van der Waals surface area contributed by atoms with Gasteiger partial charge in [-0.2, -0.15) is 0 Å². The molecule has 0 saturated carbocycles. The van der Waals surface area contributed by atoms with Gasteiger partial charge < -0.3 is 19.7 Å². The van der Waals surface area contributed by atoms with Crippen molar-refractivity contribution >= 4 is 34.1 Å². The Bertz CT molecular complexity index is 764. The van der Waals surface area contributed by atoms with E-state index in [0.717, 1.165) is 11.3 Å². The summed E-state index contributed by atoms with van der Waals surface area (Å²) in [4.78, 5) is 37.5. The van der Waals surface area contributed by atoms with Gasteiger partial charge in [0.25, 0.3) is 11.8 Å². The highest BCUT2D eigenvalue weighted by Crippen LogP contribution is 2.28. The van der Waals surface area contributed by atoms with E-state index in [1.807, 2.05) is 13.8 Å². The molecular weight excluding hydrogens is 344 g/mol. The van der Waals surface area contributed by atoms with E-state index in [0.29, 0.717) is 22.0 Å². The lowest BCUT2D eigenvalue weighted by molar-refractivity contribution is -0.137. The fourth-order valence-electron chi connectivity index (χ4n) is 2.30. The van der Waals surface area contributed by atoms with Gasteiger partial charge in [-0.15, -0.1) is 11.3 Å². The molecular formula is C17H20N2O5S. The van der Waals surface area contributed by atoms with Crippen LogP contribution in [0, 0.1) is 12.8 Å². The minimum Gasteiger partial charge on any atom is -0.480 e. The Labute approximate surface area is 149 Å². The molecule has 2 aromatic rings. The number of carbonyl (C=O) groups excluding carboxylic acids is 2. The van der Waals surface area contributed by atoms with E-state index in [-0.39, 0.29) is 24.1 Å². The summed E-state index contributed by atoms with van der Waals surface area (Å²) in [5.41, 5.74) is 0.684. The number of rotatable bonds is 7. The monoisotopic (exact) mass is 364 g/mol. The summed E-state index contributed by atoms with van der Waals surface area (Å²) in [5.74, 6) is -1.51. The normalized spacial score (nSPS) is 10.7. The summed E-state index contributed by atoms with van der Waals surface area (Å²) >= 11 is 1.12. The van der Waals surface area contributed by atoms with E-state index in [1.54, 1.807) is 25.1 Å². The minimum absolute atomic E-state index is 0.140. The van der Waals surface area contributed by atoms with Gasteiger partial charge in [0.05, 0.1) is 16.1 Å². The molecule has 0 aliphatic heterocycles. The molecule has 2 aromatic heterocycles. The predicted molar refractivity (Wildman–Crippen MR) is 94.1 cm³/mol. The highest BCUT2D eigenvalue weighted by Gasteiger charge is 2.23. The summed E-state index contributed by atoms with van der Waals surface area (Å²) in [7, 11) is 0. The maximum atomic E-state index is 12.7. The average Bonchev–Trinajstić information content (AvgIpc) is 3.14. The van der Waals surface area contributed by atoms with E-state index < -0.39 is 11.9 Å². The Morgan fingerprint density at radius 2 is 2.08 bits per heavy atom. The van der Waals surface area contributed by atoms with Gasteiger partial charge in [-0.25, -0.2) is 0 Å². The van der Waals surface area contributed by atoms with Crippen molar-refractivity contribution in [3.63, 3.8) is 0 Å². The molecule has 2 rings (SSSR count). The number of carboxylic acid groups (broad SMARTS) is 1. The number of nitrogens with zero attached hydrogens (tertiary/aromatic N) is 1. The average molecular weight is 364 g/mol. The number of thiophene rings is 1. The van der Waals surface area contributed by atoms with Gasteiger partial charge in [-0.3, -0.25) is 14.4 Å². The van der Waals surface area contributed by atoms with Crippen LogP contribution in [0.25, 0.3) is 0 Å². The minimum atomic E-state index is -1.06. The van der Waals surface area contributed by atoms with Crippen LogP contribution in [0.2, 0.25) is 0 Å². The van der Waals surface area contributed by atoms with Gasteiger partial charge in [0, 0.05) is 6.54 Å². The van der Waals surface area contributed by atoms with E-state index in [2.05, 4.69) is 5.32 Å². The number of anilines is 1. The van der Waals surface area contributed by atoms with Gasteiger partial charge in [0.1, 0.15) is 6.54 Å². The topological polar surface area (TPSA) is 99.9 Å². The number of hydrogen-bond donors (Lipinski definition) is 2. The largest absolute Gasteiger partial charge is 0.480 e. The molecule has 0 saturated heterocycles. The van der Waals surface area contributed by atoms with Crippen molar-refractivity contribution in [2.75, 3.05) is 18.4 Å². The molecule has 0 aromatic carbocycles. The first-order chi connectivity index (χ1) is 11.8. The molecule has 0 aliphatic carbocycles. The molecule has 2 amide bonds. The first-order valence-corrected chi connectivity index (χ1v) is 8.56. The van der Waals surface area contributed by atoms with E-state index in [1.165, 1.54) is 11.2 Å². The molecule has 0 spiro atoms. The summed E-state index contributed by atoms with van der Waals surface area (Å²) in [5, 5.41) is 12.2. The molecule has 0 radical (unpaired) electrons. The van der Waals surface area contributed by atoms with Gasteiger partial charge >= 0.3 is 5.97 Å². The Hall–Kier alpha value is -2.61. The van der Waals surface area contributed by atoms with Crippen LogP contribution in [0.1, 0.15) is 39.6 Å². The summed E-state index contributed by atoms with van der Waals surface area (Å²) < 4.78 is 5.03. The Kier molecular flexibility index (Phi) is 5.97. The third kappa shape index (κ3) is 4.93. The zero-order chi connectivity index (χ0) is 18.6. The Morgan fingerprint density at radius 3 is 2.64 bits per heavy atom. The molecule has 2 heterocycles. The lowest BCUT2D eigenvalue weighted by atomic mass is 10.2. The molecule has 0 bridgehead atoms. The number of carboxylic acids is 1. The van der Waals surface area contributed by atoms with Crippen molar-refractivity contribution in [1.82, 2.24) is 4.90 Å². The van der Waals surface area contributed by atoms with Crippen LogP contribution in [-0.2, 0) is 4.79 Å². The molecule has 8 heteroatoms. The summed E-state index contributed by atoms with van der Waals surface area (Å²) in [6.07, 6.45) is 1.40. The third-order valence-corrected chi connectivity index (χ3v) is 4.43. The standard InChI is InChI=1S/C17H20N2O5S/c1-10(2)8-19(9-14(20)21)17(23)15-11(3)7-13(25-15)18-16(22)12-5-4-6-24-12/h4-7,10H,8-9H2,1-3H3,(H,18,22)(H,20,21). The molecule has 2 N–H and O–H groups in total.